The van der Waals surface area contributed by atoms with Gasteiger partial charge in [0.25, 0.3) is 5.91 Å². The number of hydrogen-bond donors (Lipinski definition) is 1. The molecule has 1 aromatic carbocycles. The van der Waals surface area contributed by atoms with Crippen LogP contribution in [0.3, 0.4) is 0 Å². The Morgan fingerprint density at radius 2 is 2.00 bits per heavy atom. The number of likely N-dealkylation sites (tertiary alicyclic amines) is 1. The molecule has 0 aliphatic carbocycles. The Hall–Kier alpha value is -3.39. The standard InChI is InChI=1S/C24H25FN4O3/c1-16-3-4-18(15-32-22-8-6-19(25)12-28-22)13-29(16)24(31)21-11-17(14-30)5-7-20(21)23-26-9-2-10-27-23/h2,5-12,16,18,30H,3-4,13-15H2,1H3/t16-,18+/m0/s1. The van der Waals surface area contributed by atoms with Crippen LogP contribution in [-0.4, -0.2) is 50.1 Å². The summed E-state index contributed by atoms with van der Waals surface area (Å²) in [6, 6.07) is 9.85. The third-order valence-corrected chi connectivity index (χ3v) is 5.71. The lowest BCUT2D eigenvalue weighted by molar-refractivity contribution is 0.0503. The summed E-state index contributed by atoms with van der Waals surface area (Å²) in [5.41, 5.74) is 1.75. The first-order chi connectivity index (χ1) is 15.5. The molecule has 1 aliphatic rings. The van der Waals surface area contributed by atoms with Crippen LogP contribution >= 0.6 is 0 Å². The highest BCUT2D eigenvalue weighted by atomic mass is 19.1. The van der Waals surface area contributed by atoms with Crippen molar-refractivity contribution in [3.05, 3.63) is 71.9 Å². The molecule has 32 heavy (non-hydrogen) atoms. The summed E-state index contributed by atoms with van der Waals surface area (Å²) in [6.45, 7) is 2.79. The van der Waals surface area contributed by atoms with Crippen LogP contribution in [0.2, 0.25) is 0 Å². The van der Waals surface area contributed by atoms with Gasteiger partial charge in [-0.25, -0.2) is 19.3 Å². The number of benzene rings is 1. The monoisotopic (exact) mass is 436 g/mol. The van der Waals surface area contributed by atoms with Crippen LogP contribution < -0.4 is 4.74 Å². The number of aromatic nitrogens is 3. The molecule has 3 aromatic rings. The number of amides is 1. The first kappa shape index (κ1) is 21.8. The van der Waals surface area contributed by atoms with E-state index < -0.39 is 5.82 Å². The molecule has 1 N–H and O–H groups in total. The van der Waals surface area contributed by atoms with Crippen LogP contribution in [0.25, 0.3) is 11.4 Å². The quantitative estimate of drug-likeness (QED) is 0.636. The normalized spacial score (nSPS) is 18.4. The molecule has 4 rings (SSSR count). The summed E-state index contributed by atoms with van der Waals surface area (Å²) < 4.78 is 18.8. The van der Waals surface area contributed by atoms with Gasteiger partial charge in [-0.15, -0.1) is 0 Å². The second kappa shape index (κ2) is 9.82. The minimum atomic E-state index is -0.413. The number of piperidine rings is 1. The van der Waals surface area contributed by atoms with E-state index in [1.54, 1.807) is 36.7 Å². The van der Waals surface area contributed by atoms with Gasteiger partial charge in [0, 0.05) is 42.5 Å². The minimum absolute atomic E-state index is 0.0602. The van der Waals surface area contributed by atoms with Crippen molar-refractivity contribution in [3.63, 3.8) is 0 Å². The topological polar surface area (TPSA) is 88.4 Å². The van der Waals surface area contributed by atoms with Crippen LogP contribution in [0.1, 0.15) is 35.7 Å². The van der Waals surface area contributed by atoms with E-state index in [0.29, 0.717) is 41.5 Å². The predicted molar refractivity (Wildman–Crippen MR) is 116 cm³/mol. The van der Waals surface area contributed by atoms with Crippen LogP contribution in [0.5, 0.6) is 5.88 Å². The molecular weight excluding hydrogens is 411 g/mol. The molecule has 1 amide bonds. The number of pyridine rings is 1. The Labute approximate surface area is 185 Å². The van der Waals surface area contributed by atoms with Crippen molar-refractivity contribution in [1.29, 1.82) is 0 Å². The fourth-order valence-electron chi connectivity index (χ4n) is 3.91. The third kappa shape index (κ3) is 4.91. The number of rotatable bonds is 6. The number of carbonyl (C=O) groups excluding carboxylic acids is 1. The van der Waals surface area contributed by atoms with E-state index in [1.165, 1.54) is 12.1 Å². The Balaban J connectivity index is 1.54. The molecule has 0 bridgehead atoms. The van der Waals surface area contributed by atoms with Crippen LogP contribution in [-0.2, 0) is 6.61 Å². The van der Waals surface area contributed by atoms with E-state index in [4.69, 9.17) is 4.74 Å². The van der Waals surface area contributed by atoms with E-state index in [0.717, 1.165) is 19.0 Å². The van der Waals surface area contributed by atoms with Gasteiger partial charge in [-0.3, -0.25) is 4.79 Å². The molecule has 0 spiro atoms. The number of aliphatic hydroxyl groups excluding tert-OH is 1. The van der Waals surface area contributed by atoms with Crippen molar-refractivity contribution in [2.75, 3.05) is 13.2 Å². The summed E-state index contributed by atoms with van der Waals surface area (Å²) in [6.07, 6.45) is 6.15. The van der Waals surface area contributed by atoms with Crippen molar-refractivity contribution in [1.82, 2.24) is 19.9 Å². The molecule has 1 aliphatic heterocycles. The van der Waals surface area contributed by atoms with Crippen molar-refractivity contribution >= 4 is 5.91 Å². The Morgan fingerprint density at radius 3 is 2.72 bits per heavy atom. The predicted octanol–water partition coefficient (Wildman–Crippen LogP) is 3.49. The lowest BCUT2D eigenvalue weighted by Gasteiger charge is -2.38. The third-order valence-electron chi connectivity index (χ3n) is 5.71. The van der Waals surface area contributed by atoms with Crippen LogP contribution in [0.15, 0.2) is 55.0 Å². The summed E-state index contributed by atoms with van der Waals surface area (Å²) >= 11 is 0. The van der Waals surface area contributed by atoms with Gasteiger partial charge in [0.15, 0.2) is 5.82 Å². The first-order valence-electron chi connectivity index (χ1n) is 10.6. The van der Waals surface area contributed by atoms with Gasteiger partial charge in [0.1, 0.15) is 5.82 Å². The fourth-order valence-corrected chi connectivity index (χ4v) is 3.91. The molecule has 2 atom stereocenters. The van der Waals surface area contributed by atoms with Gasteiger partial charge in [0.05, 0.1) is 25.0 Å². The van der Waals surface area contributed by atoms with Crippen molar-refractivity contribution in [3.8, 4) is 17.3 Å². The maximum Gasteiger partial charge on any atom is 0.254 e. The van der Waals surface area contributed by atoms with Crippen molar-refractivity contribution in [2.24, 2.45) is 5.92 Å². The largest absolute Gasteiger partial charge is 0.477 e. The maximum atomic E-state index is 13.6. The van der Waals surface area contributed by atoms with Gasteiger partial charge < -0.3 is 14.7 Å². The molecule has 1 saturated heterocycles. The second-order valence-electron chi connectivity index (χ2n) is 7.99. The maximum absolute atomic E-state index is 13.6. The number of nitrogens with zero attached hydrogens (tertiary/aromatic N) is 4. The lowest BCUT2D eigenvalue weighted by Crippen LogP contribution is -2.47. The summed E-state index contributed by atoms with van der Waals surface area (Å²) in [5, 5.41) is 9.60. The number of hydrogen-bond acceptors (Lipinski definition) is 6. The molecule has 0 radical (unpaired) electrons. The molecule has 8 heteroatoms. The SMILES string of the molecule is C[C@H]1CC[C@@H](COc2ccc(F)cn2)CN1C(=O)c1cc(CO)ccc1-c1ncccn1. The smallest absolute Gasteiger partial charge is 0.254 e. The van der Waals surface area contributed by atoms with E-state index in [-0.39, 0.29) is 24.5 Å². The molecule has 0 saturated carbocycles. The van der Waals surface area contributed by atoms with E-state index in [2.05, 4.69) is 15.0 Å². The second-order valence-corrected chi connectivity index (χ2v) is 7.99. The van der Waals surface area contributed by atoms with Gasteiger partial charge in [-0.05, 0) is 43.5 Å². The lowest BCUT2D eigenvalue weighted by atomic mass is 9.92. The molecule has 1 fully saturated rings. The summed E-state index contributed by atoms with van der Waals surface area (Å²) in [4.78, 5) is 28.0. The van der Waals surface area contributed by atoms with E-state index >= 15 is 0 Å². The molecule has 2 aromatic heterocycles. The number of halogens is 1. The fraction of sp³-hybridized carbons (Fsp3) is 0.333. The van der Waals surface area contributed by atoms with Gasteiger partial charge >= 0.3 is 0 Å². The Kier molecular flexibility index (Phi) is 6.70. The van der Waals surface area contributed by atoms with Crippen LogP contribution in [0.4, 0.5) is 4.39 Å². The zero-order valence-electron chi connectivity index (χ0n) is 17.8. The highest BCUT2D eigenvalue weighted by Crippen LogP contribution is 2.28. The first-order valence-corrected chi connectivity index (χ1v) is 10.6. The minimum Gasteiger partial charge on any atom is -0.477 e. The highest BCUT2D eigenvalue weighted by molar-refractivity contribution is 6.00. The molecular formula is C24H25FN4O3. The number of carbonyl (C=O) groups is 1. The molecule has 166 valence electrons. The molecule has 7 nitrogen and oxygen atoms in total. The van der Waals surface area contributed by atoms with Crippen molar-refractivity contribution in [2.45, 2.75) is 32.4 Å². The summed E-state index contributed by atoms with van der Waals surface area (Å²) in [7, 11) is 0. The Bertz CT molecular complexity index is 1060. The van der Waals surface area contributed by atoms with Crippen LogP contribution in [0, 0.1) is 11.7 Å². The zero-order chi connectivity index (χ0) is 22.5. The number of ether oxygens (including phenoxy) is 1. The van der Waals surface area contributed by atoms with Gasteiger partial charge in [0.2, 0.25) is 5.88 Å². The van der Waals surface area contributed by atoms with E-state index in [1.807, 2.05) is 11.8 Å². The highest BCUT2D eigenvalue weighted by Gasteiger charge is 2.31. The molecule has 0 unspecified atom stereocenters. The average Bonchev–Trinajstić information content (AvgIpc) is 2.84. The molecule has 3 heterocycles. The van der Waals surface area contributed by atoms with Gasteiger partial charge in [-0.1, -0.05) is 12.1 Å². The van der Waals surface area contributed by atoms with Crippen molar-refractivity contribution < 1.29 is 19.0 Å². The Morgan fingerprint density at radius 1 is 1.19 bits per heavy atom. The summed E-state index contributed by atoms with van der Waals surface area (Å²) in [5.74, 6) is 0.414. The number of aliphatic hydroxyl groups is 1. The van der Waals surface area contributed by atoms with Gasteiger partial charge in [-0.2, -0.15) is 0 Å². The average molecular weight is 436 g/mol. The van der Waals surface area contributed by atoms with E-state index in [9.17, 15) is 14.3 Å². The zero-order valence-corrected chi connectivity index (χ0v) is 17.8.